The first kappa shape index (κ1) is 18.3. The van der Waals surface area contributed by atoms with Gasteiger partial charge in [-0.2, -0.15) is 10.1 Å². The van der Waals surface area contributed by atoms with Crippen LogP contribution in [0.5, 0.6) is 0 Å². The first-order valence-electron chi connectivity index (χ1n) is 8.64. The Bertz CT molecular complexity index is 959. The van der Waals surface area contributed by atoms with Crippen LogP contribution in [0.2, 0.25) is 0 Å². The molecule has 0 amide bonds. The van der Waals surface area contributed by atoms with Crippen LogP contribution in [0.15, 0.2) is 48.7 Å². The van der Waals surface area contributed by atoms with Crippen LogP contribution in [-0.2, 0) is 4.74 Å². The van der Waals surface area contributed by atoms with Crippen molar-refractivity contribution in [1.82, 2.24) is 15.2 Å². The van der Waals surface area contributed by atoms with Gasteiger partial charge in [-0.15, -0.1) is 5.10 Å². The van der Waals surface area contributed by atoms with E-state index in [2.05, 4.69) is 32.7 Å². The van der Waals surface area contributed by atoms with E-state index in [0.717, 1.165) is 5.69 Å². The number of para-hydroxylation sites is 1. The van der Waals surface area contributed by atoms with E-state index in [-0.39, 0.29) is 0 Å². The average molecular weight is 363 g/mol. The highest BCUT2D eigenvalue weighted by Crippen LogP contribution is 2.22. The van der Waals surface area contributed by atoms with Gasteiger partial charge in [0.1, 0.15) is 0 Å². The molecule has 0 atom stereocenters. The van der Waals surface area contributed by atoms with Gasteiger partial charge in [0.2, 0.25) is 5.95 Å². The number of nitrogens with one attached hydrogen (secondary N) is 2. The SMILES string of the molecule is CCOC(=O)c1ccccc1Nc1cnnc(Nc2ccc(C)c(C)c2)n1. The molecule has 138 valence electrons. The summed E-state index contributed by atoms with van der Waals surface area (Å²) in [6.07, 6.45) is 1.49. The Morgan fingerprint density at radius 2 is 1.89 bits per heavy atom. The van der Waals surface area contributed by atoms with Gasteiger partial charge in [-0.1, -0.05) is 18.2 Å². The molecule has 2 aromatic carbocycles. The van der Waals surface area contributed by atoms with Crippen LogP contribution in [0.3, 0.4) is 0 Å². The molecule has 3 rings (SSSR count). The first-order chi connectivity index (χ1) is 13.1. The minimum atomic E-state index is -0.393. The molecule has 0 saturated carbocycles. The van der Waals surface area contributed by atoms with Crippen molar-refractivity contribution in [1.29, 1.82) is 0 Å². The number of hydrogen-bond acceptors (Lipinski definition) is 7. The Balaban J connectivity index is 1.80. The quantitative estimate of drug-likeness (QED) is 0.636. The van der Waals surface area contributed by atoms with E-state index >= 15 is 0 Å². The van der Waals surface area contributed by atoms with E-state index < -0.39 is 5.97 Å². The molecule has 2 N–H and O–H groups in total. The summed E-state index contributed by atoms with van der Waals surface area (Å²) in [6.45, 7) is 6.19. The van der Waals surface area contributed by atoms with Crippen molar-refractivity contribution in [3.05, 3.63) is 65.4 Å². The highest BCUT2D eigenvalue weighted by molar-refractivity contribution is 5.96. The van der Waals surface area contributed by atoms with Crippen LogP contribution in [0.25, 0.3) is 0 Å². The number of hydrogen-bond donors (Lipinski definition) is 2. The monoisotopic (exact) mass is 363 g/mol. The summed E-state index contributed by atoms with van der Waals surface area (Å²) in [4.78, 5) is 16.5. The van der Waals surface area contributed by atoms with Crippen molar-refractivity contribution in [3.63, 3.8) is 0 Å². The number of esters is 1. The number of anilines is 4. The fourth-order valence-corrected chi connectivity index (χ4v) is 2.48. The maximum atomic E-state index is 12.1. The lowest BCUT2D eigenvalue weighted by Gasteiger charge is -2.11. The second kappa shape index (κ2) is 8.27. The molecule has 0 spiro atoms. The Hall–Kier alpha value is -3.48. The molecule has 1 heterocycles. The van der Waals surface area contributed by atoms with Gasteiger partial charge in [-0.3, -0.25) is 0 Å². The van der Waals surface area contributed by atoms with E-state index in [0.29, 0.717) is 29.6 Å². The van der Waals surface area contributed by atoms with Crippen LogP contribution in [0.1, 0.15) is 28.4 Å². The Labute approximate surface area is 157 Å². The van der Waals surface area contributed by atoms with Crippen molar-refractivity contribution >= 4 is 29.1 Å². The largest absolute Gasteiger partial charge is 0.462 e. The highest BCUT2D eigenvalue weighted by atomic mass is 16.5. The zero-order chi connectivity index (χ0) is 19.2. The van der Waals surface area contributed by atoms with Gasteiger partial charge in [0.05, 0.1) is 24.1 Å². The summed E-state index contributed by atoms with van der Waals surface area (Å²) in [5.74, 6) is 0.432. The van der Waals surface area contributed by atoms with E-state index in [1.54, 1.807) is 25.1 Å². The summed E-state index contributed by atoms with van der Waals surface area (Å²) in [5, 5.41) is 14.2. The molecule has 7 nitrogen and oxygen atoms in total. The molecule has 27 heavy (non-hydrogen) atoms. The van der Waals surface area contributed by atoms with E-state index in [9.17, 15) is 4.79 Å². The molecule has 0 aliphatic carbocycles. The summed E-state index contributed by atoms with van der Waals surface area (Å²) >= 11 is 0. The fourth-order valence-electron chi connectivity index (χ4n) is 2.48. The Morgan fingerprint density at radius 3 is 2.67 bits per heavy atom. The highest BCUT2D eigenvalue weighted by Gasteiger charge is 2.13. The van der Waals surface area contributed by atoms with Crippen molar-refractivity contribution in [2.75, 3.05) is 17.2 Å². The molecule has 1 aromatic heterocycles. The van der Waals surface area contributed by atoms with Gasteiger partial charge in [-0.25, -0.2) is 4.79 Å². The predicted octanol–water partition coefficient (Wildman–Crippen LogP) is 4.15. The lowest BCUT2D eigenvalue weighted by atomic mass is 10.1. The summed E-state index contributed by atoms with van der Waals surface area (Å²) in [7, 11) is 0. The number of carbonyl (C=O) groups is 1. The van der Waals surface area contributed by atoms with Gasteiger partial charge in [0, 0.05) is 5.69 Å². The van der Waals surface area contributed by atoms with Crippen molar-refractivity contribution in [2.45, 2.75) is 20.8 Å². The molecule has 0 unspecified atom stereocenters. The molecule has 3 aromatic rings. The number of benzene rings is 2. The van der Waals surface area contributed by atoms with Gasteiger partial charge in [0.15, 0.2) is 5.82 Å². The van der Waals surface area contributed by atoms with Crippen molar-refractivity contribution in [2.24, 2.45) is 0 Å². The van der Waals surface area contributed by atoms with E-state index in [1.807, 2.05) is 31.2 Å². The number of rotatable bonds is 6. The fraction of sp³-hybridized carbons (Fsp3) is 0.200. The number of ether oxygens (including phenoxy) is 1. The predicted molar refractivity (Wildman–Crippen MR) is 105 cm³/mol. The molecule has 0 aliphatic rings. The molecule has 0 bridgehead atoms. The molecule has 7 heteroatoms. The lowest BCUT2D eigenvalue weighted by molar-refractivity contribution is 0.0527. The average Bonchev–Trinajstić information content (AvgIpc) is 2.66. The molecular formula is C20H21N5O2. The molecule has 0 saturated heterocycles. The third-order valence-corrected chi connectivity index (χ3v) is 4.01. The summed E-state index contributed by atoms with van der Waals surface area (Å²) in [6, 6.07) is 13.1. The van der Waals surface area contributed by atoms with E-state index in [4.69, 9.17) is 4.74 Å². The van der Waals surface area contributed by atoms with Crippen LogP contribution < -0.4 is 10.6 Å². The van der Waals surface area contributed by atoms with Crippen molar-refractivity contribution < 1.29 is 9.53 Å². The van der Waals surface area contributed by atoms with Crippen LogP contribution in [0, 0.1) is 13.8 Å². The standard InChI is InChI=1S/C20H21N5O2/c1-4-27-19(26)16-7-5-6-8-17(16)23-18-12-21-25-20(24-18)22-15-10-9-13(2)14(3)11-15/h5-12H,4H2,1-3H3,(H2,22,23,24,25). The minimum Gasteiger partial charge on any atom is -0.462 e. The Morgan fingerprint density at radius 1 is 1.07 bits per heavy atom. The second-order valence-corrected chi connectivity index (χ2v) is 5.98. The lowest BCUT2D eigenvalue weighted by Crippen LogP contribution is -2.09. The van der Waals surface area contributed by atoms with Gasteiger partial charge in [-0.05, 0) is 56.2 Å². The van der Waals surface area contributed by atoms with Crippen LogP contribution in [-0.4, -0.2) is 27.8 Å². The van der Waals surface area contributed by atoms with Gasteiger partial charge < -0.3 is 15.4 Å². The molecule has 0 fully saturated rings. The number of aromatic nitrogens is 3. The Kier molecular flexibility index (Phi) is 5.61. The third-order valence-electron chi connectivity index (χ3n) is 4.01. The van der Waals surface area contributed by atoms with Crippen LogP contribution >= 0.6 is 0 Å². The van der Waals surface area contributed by atoms with Crippen molar-refractivity contribution in [3.8, 4) is 0 Å². The topological polar surface area (TPSA) is 89.0 Å². The first-order valence-corrected chi connectivity index (χ1v) is 8.64. The third kappa shape index (κ3) is 4.58. The number of carbonyl (C=O) groups excluding carboxylic acids is 1. The zero-order valence-corrected chi connectivity index (χ0v) is 15.5. The minimum absolute atomic E-state index is 0.312. The molecular weight excluding hydrogens is 342 g/mol. The second-order valence-electron chi connectivity index (χ2n) is 5.98. The van der Waals surface area contributed by atoms with Crippen LogP contribution in [0.4, 0.5) is 23.1 Å². The smallest absolute Gasteiger partial charge is 0.340 e. The number of aryl methyl sites for hydroxylation is 2. The summed E-state index contributed by atoms with van der Waals surface area (Å²) in [5.41, 5.74) is 4.29. The normalized spacial score (nSPS) is 10.3. The maximum absolute atomic E-state index is 12.1. The molecule has 0 radical (unpaired) electrons. The van der Waals surface area contributed by atoms with Gasteiger partial charge in [0.25, 0.3) is 0 Å². The molecule has 0 aliphatic heterocycles. The summed E-state index contributed by atoms with van der Waals surface area (Å²) < 4.78 is 5.09. The maximum Gasteiger partial charge on any atom is 0.340 e. The van der Waals surface area contributed by atoms with E-state index in [1.165, 1.54) is 17.3 Å². The number of nitrogens with zero attached hydrogens (tertiary/aromatic N) is 3. The van der Waals surface area contributed by atoms with Gasteiger partial charge >= 0.3 is 5.97 Å². The zero-order valence-electron chi connectivity index (χ0n) is 15.5.